The molecule has 33 heavy (non-hydrogen) atoms. The zero-order valence-corrected chi connectivity index (χ0v) is 18.5. The monoisotopic (exact) mass is 457 g/mol. The fourth-order valence-corrected chi connectivity index (χ4v) is 3.15. The van der Waals surface area contributed by atoms with Gasteiger partial charge < -0.3 is 27.2 Å². The highest BCUT2D eigenvalue weighted by Crippen LogP contribution is 2.20. The average Bonchev–Trinajstić information content (AvgIpc) is 2.82. The van der Waals surface area contributed by atoms with E-state index in [4.69, 9.17) is 16.7 Å². The number of nitrogens with one attached hydrogen (secondary N) is 3. The van der Waals surface area contributed by atoms with Crippen LogP contribution in [0.5, 0.6) is 0 Å². The normalized spacial score (nSPS) is 13.5. The van der Waals surface area contributed by atoms with Crippen molar-refractivity contribution >= 4 is 17.7 Å². The van der Waals surface area contributed by atoms with Gasteiger partial charge in [-0.2, -0.15) is 0 Å². The molecule has 0 radical (unpaired) electrons. The number of benzene rings is 2. The van der Waals surface area contributed by atoms with Crippen molar-refractivity contribution in [3.63, 3.8) is 0 Å². The third-order valence-corrected chi connectivity index (χ3v) is 5.12. The number of carbonyl (C=O) groups is 3. The van der Waals surface area contributed by atoms with Crippen LogP contribution in [0.2, 0.25) is 0 Å². The lowest BCUT2D eigenvalue weighted by molar-refractivity contribution is -0.133. The molecular weight excluding hydrogens is 426 g/mol. The molecule has 0 saturated heterocycles. The number of amides is 3. The van der Waals surface area contributed by atoms with Crippen molar-refractivity contribution in [2.45, 2.75) is 38.0 Å². The van der Waals surface area contributed by atoms with Gasteiger partial charge in [0.05, 0.1) is 12.1 Å². The number of nitrogens with two attached hydrogens (primary N) is 2. The van der Waals surface area contributed by atoms with Gasteiger partial charge in [-0.25, -0.2) is 5.48 Å². The molecule has 0 heterocycles. The standard InChI is InChI=1S/C23H31N5O5/c1-14(29)20(23(32)28-33)27-21(30)18-8-6-17(7-9-18)16-4-2-15(3-5-16)11-13-26-22(31)19(25)10-12-24/h2-9,14,19-20,29,33H,10-13,24-25H2,1H3,(H,26,31)(H,27,30)(H,28,32)/t14-,19+,20+/m1/s1. The molecule has 0 aliphatic heterocycles. The van der Waals surface area contributed by atoms with Crippen molar-refractivity contribution in [1.29, 1.82) is 0 Å². The zero-order chi connectivity index (χ0) is 24.4. The second-order valence-corrected chi connectivity index (χ2v) is 7.67. The first-order valence-electron chi connectivity index (χ1n) is 10.6. The zero-order valence-electron chi connectivity index (χ0n) is 18.5. The van der Waals surface area contributed by atoms with E-state index in [1.54, 1.807) is 24.3 Å². The Kier molecular flexibility index (Phi) is 9.95. The van der Waals surface area contributed by atoms with Gasteiger partial charge >= 0.3 is 0 Å². The Labute approximate surface area is 192 Å². The topological polar surface area (TPSA) is 180 Å². The Morgan fingerprint density at radius 3 is 2.06 bits per heavy atom. The summed E-state index contributed by atoms with van der Waals surface area (Å²) in [4.78, 5) is 35.8. The molecule has 3 amide bonds. The highest BCUT2D eigenvalue weighted by atomic mass is 16.5. The Morgan fingerprint density at radius 2 is 1.55 bits per heavy atom. The average molecular weight is 458 g/mol. The van der Waals surface area contributed by atoms with E-state index in [1.165, 1.54) is 12.4 Å². The molecule has 178 valence electrons. The molecule has 10 heteroatoms. The van der Waals surface area contributed by atoms with Crippen LogP contribution in [0, 0.1) is 0 Å². The summed E-state index contributed by atoms with van der Waals surface area (Å²) in [5.41, 5.74) is 15.7. The predicted molar refractivity (Wildman–Crippen MR) is 123 cm³/mol. The fourth-order valence-electron chi connectivity index (χ4n) is 3.15. The van der Waals surface area contributed by atoms with Crippen molar-refractivity contribution in [3.05, 3.63) is 59.7 Å². The molecule has 0 bridgehead atoms. The van der Waals surface area contributed by atoms with Crippen LogP contribution in [-0.2, 0) is 16.0 Å². The Morgan fingerprint density at radius 1 is 0.970 bits per heavy atom. The van der Waals surface area contributed by atoms with Crippen molar-refractivity contribution in [2.24, 2.45) is 11.5 Å². The van der Waals surface area contributed by atoms with Crippen LogP contribution in [0.1, 0.15) is 29.3 Å². The molecule has 0 saturated carbocycles. The number of aliphatic hydroxyl groups excluding tert-OH is 1. The molecule has 0 aliphatic carbocycles. The summed E-state index contributed by atoms with van der Waals surface area (Å²) in [5, 5.41) is 23.6. The third-order valence-electron chi connectivity index (χ3n) is 5.12. The van der Waals surface area contributed by atoms with E-state index in [0.717, 1.165) is 16.7 Å². The van der Waals surface area contributed by atoms with Crippen LogP contribution >= 0.6 is 0 Å². The van der Waals surface area contributed by atoms with E-state index in [9.17, 15) is 19.5 Å². The minimum atomic E-state index is -1.28. The molecule has 0 spiro atoms. The quantitative estimate of drug-likeness (QED) is 0.178. The lowest BCUT2D eigenvalue weighted by Gasteiger charge is -2.19. The maximum Gasteiger partial charge on any atom is 0.268 e. The first-order valence-corrected chi connectivity index (χ1v) is 10.6. The summed E-state index contributed by atoms with van der Waals surface area (Å²) in [6.45, 7) is 2.17. The minimum Gasteiger partial charge on any atom is -0.391 e. The van der Waals surface area contributed by atoms with Crippen molar-refractivity contribution in [3.8, 4) is 11.1 Å². The Balaban J connectivity index is 1.94. The second kappa shape index (κ2) is 12.7. The van der Waals surface area contributed by atoms with Crippen molar-refractivity contribution < 1.29 is 24.7 Å². The van der Waals surface area contributed by atoms with Gasteiger partial charge in [0.2, 0.25) is 5.91 Å². The molecule has 0 fully saturated rings. The predicted octanol–water partition coefficient (Wildman–Crippen LogP) is -0.327. The van der Waals surface area contributed by atoms with E-state index in [1.807, 2.05) is 24.3 Å². The summed E-state index contributed by atoms with van der Waals surface area (Å²) in [7, 11) is 0. The molecule has 10 nitrogen and oxygen atoms in total. The lowest BCUT2D eigenvalue weighted by Crippen LogP contribution is -2.51. The Hall–Kier alpha value is -3.31. The van der Waals surface area contributed by atoms with E-state index < -0.39 is 30.0 Å². The molecular formula is C23H31N5O5. The molecule has 2 rings (SSSR count). The fraction of sp³-hybridized carbons (Fsp3) is 0.348. The molecule has 2 aromatic carbocycles. The highest BCUT2D eigenvalue weighted by Gasteiger charge is 2.25. The van der Waals surface area contributed by atoms with Crippen molar-refractivity contribution in [1.82, 2.24) is 16.1 Å². The summed E-state index contributed by atoms with van der Waals surface area (Å²) in [6.07, 6.45) is -0.0817. The van der Waals surface area contributed by atoms with E-state index in [0.29, 0.717) is 31.5 Å². The number of hydrogen-bond acceptors (Lipinski definition) is 7. The van der Waals surface area contributed by atoms with Gasteiger partial charge in [0.1, 0.15) is 6.04 Å². The van der Waals surface area contributed by atoms with Crippen LogP contribution < -0.4 is 27.6 Å². The van der Waals surface area contributed by atoms with Gasteiger partial charge in [-0.3, -0.25) is 19.6 Å². The molecule has 0 aromatic heterocycles. The van der Waals surface area contributed by atoms with Gasteiger partial charge in [-0.1, -0.05) is 36.4 Å². The smallest absolute Gasteiger partial charge is 0.268 e. The van der Waals surface area contributed by atoms with Gasteiger partial charge in [0, 0.05) is 12.1 Å². The molecule has 0 unspecified atom stereocenters. The summed E-state index contributed by atoms with van der Waals surface area (Å²) < 4.78 is 0. The van der Waals surface area contributed by atoms with E-state index >= 15 is 0 Å². The number of hydroxylamine groups is 1. The summed E-state index contributed by atoms with van der Waals surface area (Å²) in [5.74, 6) is -1.68. The number of rotatable bonds is 11. The number of hydrogen-bond donors (Lipinski definition) is 7. The number of aliphatic hydroxyl groups is 1. The summed E-state index contributed by atoms with van der Waals surface area (Å²) in [6, 6.07) is 12.7. The SMILES string of the molecule is C[C@@H](O)[C@H](NC(=O)c1ccc(-c2ccc(CCNC(=O)[C@@H](N)CCN)cc2)cc1)C(=O)NO. The van der Waals surface area contributed by atoms with Gasteiger partial charge in [-0.05, 0) is 55.1 Å². The first kappa shape index (κ1) is 25.9. The van der Waals surface area contributed by atoms with Gasteiger partial charge in [0.25, 0.3) is 11.8 Å². The van der Waals surface area contributed by atoms with Crippen LogP contribution in [0.4, 0.5) is 0 Å². The second-order valence-electron chi connectivity index (χ2n) is 7.67. The lowest BCUT2D eigenvalue weighted by atomic mass is 10.0. The van der Waals surface area contributed by atoms with Gasteiger partial charge in [-0.15, -0.1) is 0 Å². The third kappa shape index (κ3) is 7.65. The minimum absolute atomic E-state index is 0.210. The maximum atomic E-state index is 12.4. The van der Waals surface area contributed by atoms with Crippen LogP contribution in [0.3, 0.4) is 0 Å². The highest BCUT2D eigenvalue weighted by molar-refractivity contribution is 5.98. The van der Waals surface area contributed by atoms with E-state index in [2.05, 4.69) is 10.6 Å². The van der Waals surface area contributed by atoms with Crippen molar-refractivity contribution in [2.75, 3.05) is 13.1 Å². The van der Waals surface area contributed by atoms with Crippen LogP contribution in [-0.4, -0.2) is 59.3 Å². The molecule has 9 N–H and O–H groups in total. The molecule has 0 aliphatic rings. The van der Waals surface area contributed by atoms with E-state index in [-0.39, 0.29) is 5.91 Å². The molecule has 2 aromatic rings. The largest absolute Gasteiger partial charge is 0.391 e. The molecule has 3 atom stereocenters. The first-order chi connectivity index (χ1) is 15.8. The summed E-state index contributed by atoms with van der Waals surface area (Å²) >= 11 is 0. The van der Waals surface area contributed by atoms with Crippen LogP contribution in [0.15, 0.2) is 48.5 Å². The Bertz CT molecular complexity index is 931. The number of carbonyl (C=O) groups excluding carboxylic acids is 3. The van der Waals surface area contributed by atoms with Crippen LogP contribution in [0.25, 0.3) is 11.1 Å². The maximum absolute atomic E-state index is 12.4. The van der Waals surface area contributed by atoms with Gasteiger partial charge in [0.15, 0.2) is 0 Å².